The van der Waals surface area contributed by atoms with Gasteiger partial charge in [-0.3, -0.25) is 4.79 Å². The molecule has 3 aliphatic carbocycles. The highest BCUT2D eigenvalue weighted by atomic mass is 35.5. The Balaban J connectivity index is 1.30. The molecule has 1 heterocycles. The Kier molecular flexibility index (Phi) is 4.67. The molecule has 3 N–H and O–H groups in total. The van der Waals surface area contributed by atoms with Gasteiger partial charge in [0.15, 0.2) is 0 Å². The number of pyridine rings is 1. The standard InChI is InChI=1S/C23H29ClN2O2/c24-19-12-18-16(7-10-26-22(18)27)11-20(19)28-17-5-8-23(9-6-17,13-14-1-2-14)21(25)15-3-4-15/h7,10-12,14-15,17,21H,1-6,8-9,13,25H2,(H,26,27)/t17?,21-,23?/m0/s1. The first kappa shape index (κ1) is 18.5. The van der Waals surface area contributed by atoms with Crippen molar-refractivity contribution in [3.8, 4) is 5.75 Å². The summed E-state index contributed by atoms with van der Waals surface area (Å²) in [6.45, 7) is 0. The molecule has 0 unspecified atom stereocenters. The van der Waals surface area contributed by atoms with E-state index in [2.05, 4.69) is 4.98 Å². The third-order valence-corrected chi connectivity index (χ3v) is 7.57. The summed E-state index contributed by atoms with van der Waals surface area (Å²) in [6, 6.07) is 5.87. The van der Waals surface area contributed by atoms with E-state index in [4.69, 9.17) is 22.1 Å². The van der Waals surface area contributed by atoms with Gasteiger partial charge in [0, 0.05) is 17.6 Å². The Morgan fingerprint density at radius 2 is 1.93 bits per heavy atom. The molecule has 0 bridgehead atoms. The van der Waals surface area contributed by atoms with Crippen LogP contribution in [-0.4, -0.2) is 17.1 Å². The Morgan fingerprint density at radius 3 is 2.61 bits per heavy atom. The minimum Gasteiger partial charge on any atom is -0.489 e. The second-order valence-electron chi connectivity index (χ2n) is 9.37. The van der Waals surface area contributed by atoms with Gasteiger partial charge in [0.1, 0.15) is 5.75 Å². The van der Waals surface area contributed by atoms with Crippen LogP contribution < -0.4 is 16.0 Å². The summed E-state index contributed by atoms with van der Waals surface area (Å²) >= 11 is 6.43. The summed E-state index contributed by atoms with van der Waals surface area (Å²) in [5, 5.41) is 1.97. The van der Waals surface area contributed by atoms with Crippen LogP contribution in [0, 0.1) is 17.3 Å². The van der Waals surface area contributed by atoms with Crippen molar-refractivity contribution in [2.75, 3.05) is 0 Å². The minimum absolute atomic E-state index is 0.123. The van der Waals surface area contributed by atoms with Crippen molar-refractivity contribution in [3.63, 3.8) is 0 Å². The molecule has 2 aromatic rings. The van der Waals surface area contributed by atoms with Crippen LogP contribution in [0.1, 0.15) is 57.8 Å². The summed E-state index contributed by atoms with van der Waals surface area (Å²) in [5.74, 6) is 2.35. The molecule has 0 radical (unpaired) electrons. The van der Waals surface area contributed by atoms with E-state index in [1.165, 1.54) is 32.1 Å². The number of fused-ring (bicyclic) bond motifs is 1. The fourth-order valence-corrected chi connectivity index (χ4v) is 5.48. The highest BCUT2D eigenvalue weighted by Gasteiger charge is 2.48. The van der Waals surface area contributed by atoms with Crippen LogP contribution in [0.15, 0.2) is 29.2 Å². The van der Waals surface area contributed by atoms with Crippen LogP contribution >= 0.6 is 11.6 Å². The first-order chi connectivity index (χ1) is 13.5. The fraction of sp³-hybridized carbons (Fsp3) is 0.609. The Morgan fingerprint density at radius 1 is 1.18 bits per heavy atom. The van der Waals surface area contributed by atoms with Crippen LogP contribution in [0.25, 0.3) is 10.8 Å². The maximum atomic E-state index is 12.0. The molecule has 3 aliphatic rings. The average Bonchev–Trinajstić information content (AvgIpc) is 3.59. The van der Waals surface area contributed by atoms with Gasteiger partial charge in [-0.2, -0.15) is 0 Å². The first-order valence-corrected chi connectivity index (χ1v) is 11.2. The third kappa shape index (κ3) is 3.57. The normalized spacial score (nSPS) is 29.0. The summed E-state index contributed by atoms with van der Waals surface area (Å²) < 4.78 is 6.32. The van der Waals surface area contributed by atoms with Gasteiger partial charge in [-0.1, -0.05) is 24.4 Å². The summed E-state index contributed by atoms with van der Waals surface area (Å²) in [4.78, 5) is 14.6. The Labute approximate surface area is 170 Å². The van der Waals surface area contributed by atoms with Gasteiger partial charge >= 0.3 is 0 Å². The summed E-state index contributed by atoms with van der Waals surface area (Å²) in [6.07, 6.45) is 13.0. The number of aromatic amines is 1. The molecule has 150 valence electrons. The number of benzene rings is 1. The molecule has 5 rings (SSSR count). The molecule has 0 spiro atoms. The molecule has 3 saturated carbocycles. The lowest BCUT2D eigenvalue weighted by Crippen LogP contribution is -2.47. The topological polar surface area (TPSA) is 68.1 Å². The van der Waals surface area contributed by atoms with E-state index >= 15 is 0 Å². The molecule has 4 nitrogen and oxygen atoms in total. The van der Waals surface area contributed by atoms with Crippen LogP contribution in [0.5, 0.6) is 5.75 Å². The third-order valence-electron chi connectivity index (χ3n) is 7.28. The quantitative estimate of drug-likeness (QED) is 0.714. The number of halogens is 1. The van der Waals surface area contributed by atoms with Crippen LogP contribution in [0.2, 0.25) is 5.02 Å². The van der Waals surface area contributed by atoms with E-state index in [0.717, 1.165) is 42.9 Å². The lowest BCUT2D eigenvalue weighted by molar-refractivity contribution is 0.0447. The Hall–Kier alpha value is -1.52. The number of ether oxygens (including phenoxy) is 1. The predicted octanol–water partition coefficient (Wildman–Crippen LogP) is 5.03. The number of rotatable bonds is 6. The smallest absolute Gasteiger partial charge is 0.255 e. The predicted molar refractivity (Wildman–Crippen MR) is 113 cm³/mol. The molecule has 28 heavy (non-hydrogen) atoms. The molecular weight excluding hydrogens is 372 g/mol. The van der Waals surface area contributed by atoms with Gasteiger partial charge in [-0.05, 0) is 85.8 Å². The summed E-state index contributed by atoms with van der Waals surface area (Å²) in [5.41, 5.74) is 6.97. The van der Waals surface area contributed by atoms with E-state index in [-0.39, 0.29) is 11.7 Å². The van der Waals surface area contributed by atoms with Crippen LogP contribution in [-0.2, 0) is 0 Å². The van der Waals surface area contributed by atoms with Crippen molar-refractivity contribution in [2.24, 2.45) is 23.0 Å². The number of H-pyrrole nitrogens is 1. The molecule has 3 fully saturated rings. The van der Waals surface area contributed by atoms with Crippen molar-refractivity contribution in [2.45, 2.75) is 69.9 Å². The first-order valence-electron chi connectivity index (χ1n) is 10.8. The van der Waals surface area contributed by atoms with Crippen LogP contribution in [0.4, 0.5) is 0 Å². The van der Waals surface area contributed by atoms with E-state index < -0.39 is 0 Å². The number of hydrogen-bond acceptors (Lipinski definition) is 3. The van der Waals surface area contributed by atoms with E-state index in [9.17, 15) is 4.79 Å². The van der Waals surface area contributed by atoms with Crippen molar-refractivity contribution >= 4 is 22.4 Å². The molecule has 1 aromatic heterocycles. The van der Waals surface area contributed by atoms with Crippen molar-refractivity contribution in [1.82, 2.24) is 4.98 Å². The monoisotopic (exact) mass is 400 g/mol. The maximum absolute atomic E-state index is 12.0. The van der Waals surface area contributed by atoms with Crippen molar-refractivity contribution in [3.05, 3.63) is 39.8 Å². The zero-order valence-electron chi connectivity index (χ0n) is 16.3. The fourth-order valence-electron chi connectivity index (χ4n) is 5.27. The van der Waals surface area contributed by atoms with Gasteiger partial charge in [0.05, 0.1) is 11.1 Å². The Bertz CT molecular complexity index is 924. The lowest BCUT2D eigenvalue weighted by atomic mass is 9.64. The molecule has 5 heteroatoms. The minimum atomic E-state index is -0.123. The SMILES string of the molecule is N[C@@H](C1CC1)C1(CC2CC2)CCC(Oc2cc3cc[nH]c(=O)c3cc2Cl)CC1. The van der Waals surface area contributed by atoms with E-state index in [1.54, 1.807) is 12.3 Å². The zero-order chi connectivity index (χ0) is 19.3. The molecule has 0 saturated heterocycles. The second kappa shape index (κ2) is 7.07. The van der Waals surface area contributed by atoms with Crippen molar-refractivity contribution < 1.29 is 4.74 Å². The number of aromatic nitrogens is 1. The number of nitrogens with two attached hydrogens (primary N) is 1. The van der Waals surface area contributed by atoms with Crippen LogP contribution in [0.3, 0.4) is 0 Å². The van der Waals surface area contributed by atoms with Gasteiger partial charge in [-0.15, -0.1) is 0 Å². The average molecular weight is 401 g/mol. The van der Waals surface area contributed by atoms with Gasteiger partial charge in [-0.25, -0.2) is 0 Å². The molecule has 0 aliphatic heterocycles. The molecule has 1 aromatic carbocycles. The largest absolute Gasteiger partial charge is 0.489 e. The van der Waals surface area contributed by atoms with Gasteiger partial charge < -0.3 is 15.5 Å². The lowest BCUT2D eigenvalue weighted by Gasteiger charge is -2.45. The summed E-state index contributed by atoms with van der Waals surface area (Å²) in [7, 11) is 0. The number of hydrogen-bond donors (Lipinski definition) is 2. The van der Waals surface area contributed by atoms with E-state index in [0.29, 0.717) is 27.6 Å². The zero-order valence-corrected chi connectivity index (χ0v) is 17.0. The van der Waals surface area contributed by atoms with Gasteiger partial charge in [0.2, 0.25) is 0 Å². The molecule has 0 amide bonds. The van der Waals surface area contributed by atoms with E-state index in [1.807, 2.05) is 12.1 Å². The highest BCUT2D eigenvalue weighted by molar-refractivity contribution is 6.32. The van der Waals surface area contributed by atoms with Crippen molar-refractivity contribution in [1.29, 1.82) is 0 Å². The van der Waals surface area contributed by atoms with Gasteiger partial charge in [0.25, 0.3) is 5.56 Å². The maximum Gasteiger partial charge on any atom is 0.255 e. The highest BCUT2D eigenvalue weighted by Crippen LogP contribution is 2.54. The second-order valence-corrected chi connectivity index (χ2v) is 9.77. The molecular formula is C23H29ClN2O2. The number of nitrogens with one attached hydrogen (secondary N) is 1. The molecule has 1 atom stereocenters.